The van der Waals surface area contributed by atoms with E-state index >= 15 is 0 Å². The van der Waals surface area contributed by atoms with Gasteiger partial charge in [0.25, 0.3) is 0 Å². The molecule has 0 radical (unpaired) electrons. The summed E-state index contributed by atoms with van der Waals surface area (Å²) in [5, 5.41) is 0. The van der Waals surface area contributed by atoms with E-state index in [4.69, 9.17) is 13.3 Å². The number of hydrogen-bond acceptors (Lipinski definition) is 4. The minimum absolute atomic E-state index is 0.569. The van der Waals surface area contributed by atoms with Gasteiger partial charge in [0.2, 0.25) is 0 Å². The molecule has 0 bridgehead atoms. The standard InChI is InChI=1S/C14H24O3SSi/c1-3-15-19(16-4-2)17-12-14-9-6-5-8-13(14)10-7-11-18/h5-6,8-9,18-19H,3-4,7,10-12H2,1-2H3. The van der Waals surface area contributed by atoms with E-state index in [2.05, 4.69) is 30.8 Å². The van der Waals surface area contributed by atoms with Crippen molar-refractivity contribution < 1.29 is 13.3 Å². The molecule has 0 N–H and O–H groups in total. The van der Waals surface area contributed by atoms with Crippen LogP contribution in [-0.4, -0.2) is 28.5 Å². The van der Waals surface area contributed by atoms with E-state index in [1.165, 1.54) is 11.1 Å². The molecule has 0 aliphatic rings. The van der Waals surface area contributed by atoms with Gasteiger partial charge in [-0.1, -0.05) is 24.3 Å². The van der Waals surface area contributed by atoms with E-state index in [1.807, 2.05) is 19.9 Å². The molecule has 3 nitrogen and oxygen atoms in total. The van der Waals surface area contributed by atoms with Crippen LogP contribution in [0.25, 0.3) is 0 Å². The number of thiol groups is 1. The number of hydrogen-bond donors (Lipinski definition) is 1. The Morgan fingerprint density at radius 1 is 1.00 bits per heavy atom. The highest BCUT2D eigenvalue weighted by Gasteiger charge is 2.14. The van der Waals surface area contributed by atoms with Crippen molar-refractivity contribution in [2.45, 2.75) is 33.3 Å². The van der Waals surface area contributed by atoms with Crippen molar-refractivity contribution in [3.8, 4) is 0 Å². The Bertz CT molecular complexity index is 343. The summed E-state index contributed by atoms with van der Waals surface area (Å²) in [6.07, 6.45) is 2.12. The molecule has 0 amide bonds. The molecule has 0 aromatic heterocycles. The Hall–Kier alpha value is -0.333. The number of benzene rings is 1. The quantitative estimate of drug-likeness (QED) is 0.532. The lowest BCUT2D eigenvalue weighted by Crippen LogP contribution is -2.27. The van der Waals surface area contributed by atoms with Gasteiger partial charge in [0.15, 0.2) is 0 Å². The fourth-order valence-corrected chi connectivity index (χ4v) is 3.09. The van der Waals surface area contributed by atoms with Crippen LogP contribution in [0.2, 0.25) is 0 Å². The molecule has 0 spiro atoms. The fraction of sp³-hybridized carbons (Fsp3) is 0.571. The van der Waals surface area contributed by atoms with E-state index in [0.717, 1.165) is 18.6 Å². The second-order valence-corrected chi connectivity index (χ2v) is 6.13. The maximum atomic E-state index is 5.80. The lowest BCUT2D eigenvalue weighted by atomic mass is 10.0. The Kier molecular flexibility index (Phi) is 9.20. The van der Waals surface area contributed by atoms with Gasteiger partial charge in [-0.05, 0) is 43.6 Å². The van der Waals surface area contributed by atoms with Crippen molar-refractivity contribution in [2.75, 3.05) is 19.0 Å². The minimum atomic E-state index is -1.97. The van der Waals surface area contributed by atoms with Crippen LogP contribution in [0.1, 0.15) is 31.4 Å². The van der Waals surface area contributed by atoms with Crippen LogP contribution in [0.3, 0.4) is 0 Å². The third-order valence-electron chi connectivity index (χ3n) is 2.70. The smallest absolute Gasteiger partial charge is 0.376 e. The van der Waals surface area contributed by atoms with Crippen molar-refractivity contribution in [1.82, 2.24) is 0 Å². The molecule has 1 aromatic rings. The molecule has 0 atom stereocenters. The van der Waals surface area contributed by atoms with Crippen LogP contribution in [-0.2, 0) is 26.3 Å². The van der Waals surface area contributed by atoms with Gasteiger partial charge in [0, 0.05) is 13.2 Å². The zero-order valence-corrected chi connectivity index (χ0v) is 13.9. The number of rotatable bonds is 10. The van der Waals surface area contributed by atoms with Gasteiger partial charge in [-0.3, -0.25) is 0 Å². The van der Waals surface area contributed by atoms with Crippen LogP contribution in [0.5, 0.6) is 0 Å². The normalized spacial score (nSPS) is 11.2. The summed E-state index contributed by atoms with van der Waals surface area (Å²) in [6.45, 7) is 5.77. The molecular weight excluding hydrogens is 276 g/mol. The summed E-state index contributed by atoms with van der Waals surface area (Å²) in [7, 11) is -1.97. The van der Waals surface area contributed by atoms with Crippen LogP contribution in [0, 0.1) is 0 Å². The van der Waals surface area contributed by atoms with Gasteiger partial charge >= 0.3 is 9.53 Å². The van der Waals surface area contributed by atoms with E-state index < -0.39 is 9.53 Å². The Morgan fingerprint density at radius 3 is 2.21 bits per heavy atom. The SMILES string of the molecule is CCO[SiH](OCC)OCc1ccccc1CCCS. The lowest BCUT2D eigenvalue weighted by molar-refractivity contribution is 0.0959. The van der Waals surface area contributed by atoms with Crippen LogP contribution in [0.15, 0.2) is 24.3 Å². The lowest BCUT2D eigenvalue weighted by Gasteiger charge is -2.16. The van der Waals surface area contributed by atoms with Crippen molar-refractivity contribution in [2.24, 2.45) is 0 Å². The van der Waals surface area contributed by atoms with Crippen LogP contribution < -0.4 is 0 Å². The molecule has 0 saturated heterocycles. The summed E-state index contributed by atoms with van der Waals surface area (Å²) < 4.78 is 16.8. The van der Waals surface area contributed by atoms with Gasteiger partial charge in [-0.25, -0.2) is 0 Å². The van der Waals surface area contributed by atoms with Crippen molar-refractivity contribution in [3.05, 3.63) is 35.4 Å². The third-order valence-corrected chi connectivity index (χ3v) is 4.67. The molecule has 0 fully saturated rings. The van der Waals surface area contributed by atoms with Gasteiger partial charge in [-0.2, -0.15) is 12.6 Å². The Morgan fingerprint density at radius 2 is 1.63 bits per heavy atom. The molecule has 19 heavy (non-hydrogen) atoms. The predicted octanol–water partition coefficient (Wildman–Crippen LogP) is 2.86. The maximum Gasteiger partial charge on any atom is 0.484 e. The summed E-state index contributed by atoms with van der Waals surface area (Å²) >= 11 is 4.26. The first-order valence-electron chi connectivity index (χ1n) is 6.84. The summed E-state index contributed by atoms with van der Waals surface area (Å²) in [5.41, 5.74) is 2.55. The monoisotopic (exact) mass is 300 g/mol. The van der Waals surface area contributed by atoms with Crippen LogP contribution >= 0.6 is 12.6 Å². The highest BCUT2D eigenvalue weighted by atomic mass is 32.1. The minimum Gasteiger partial charge on any atom is -0.376 e. The molecule has 1 aromatic carbocycles. The highest BCUT2D eigenvalue weighted by Crippen LogP contribution is 2.13. The summed E-state index contributed by atoms with van der Waals surface area (Å²) in [5.74, 6) is 0.907. The van der Waals surface area contributed by atoms with Crippen molar-refractivity contribution in [3.63, 3.8) is 0 Å². The van der Waals surface area contributed by atoms with E-state index in [9.17, 15) is 0 Å². The Balaban J connectivity index is 2.54. The van der Waals surface area contributed by atoms with E-state index in [-0.39, 0.29) is 0 Å². The maximum absolute atomic E-state index is 5.80. The summed E-state index contributed by atoms with van der Waals surface area (Å²) in [4.78, 5) is 0. The topological polar surface area (TPSA) is 27.7 Å². The molecule has 0 heterocycles. The average Bonchev–Trinajstić information content (AvgIpc) is 2.44. The molecule has 0 saturated carbocycles. The van der Waals surface area contributed by atoms with Crippen LogP contribution in [0.4, 0.5) is 0 Å². The molecule has 0 unspecified atom stereocenters. The Labute approximate surface area is 123 Å². The second-order valence-electron chi connectivity index (χ2n) is 4.11. The van der Waals surface area contributed by atoms with E-state index in [0.29, 0.717) is 19.8 Å². The first-order chi connectivity index (χ1) is 9.31. The van der Waals surface area contributed by atoms with Crippen molar-refractivity contribution in [1.29, 1.82) is 0 Å². The molecular formula is C14H24O3SSi. The molecule has 5 heteroatoms. The third kappa shape index (κ3) is 6.58. The molecule has 0 aliphatic carbocycles. The van der Waals surface area contributed by atoms with Gasteiger partial charge in [0.05, 0.1) is 6.61 Å². The summed E-state index contributed by atoms with van der Waals surface area (Å²) in [6, 6.07) is 8.37. The number of aryl methyl sites for hydroxylation is 1. The average molecular weight is 300 g/mol. The predicted molar refractivity (Wildman–Crippen MR) is 83.8 cm³/mol. The van der Waals surface area contributed by atoms with Crippen molar-refractivity contribution >= 4 is 22.2 Å². The zero-order chi connectivity index (χ0) is 13.9. The largest absolute Gasteiger partial charge is 0.484 e. The van der Waals surface area contributed by atoms with E-state index in [1.54, 1.807) is 0 Å². The van der Waals surface area contributed by atoms with Gasteiger partial charge in [0.1, 0.15) is 0 Å². The van der Waals surface area contributed by atoms with Gasteiger partial charge in [-0.15, -0.1) is 0 Å². The van der Waals surface area contributed by atoms with Gasteiger partial charge < -0.3 is 13.3 Å². The zero-order valence-electron chi connectivity index (χ0n) is 11.8. The second kappa shape index (κ2) is 10.5. The molecule has 1 rings (SSSR count). The first-order valence-corrected chi connectivity index (χ1v) is 8.88. The highest BCUT2D eigenvalue weighted by molar-refractivity contribution is 7.80. The fourth-order valence-electron chi connectivity index (χ4n) is 1.79. The molecule has 0 aliphatic heterocycles. The first kappa shape index (κ1) is 16.7. The molecule has 108 valence electrons.